The molecule has 1 aromatic rings. The summed E-state index contributed by atoms with van der Waals surface area (Å²) in [6.07, 6.45) is 2.39. The molecule has 3 amide bonds. The number of likely N-dealkylation sites (tertiary alicyclic amines) is 3. The van der Waals surface area contributed by atoms with Gasteiger partial charge in [-0.25, -0.2) is 0 Å². The lowest BCUT2D eigenvalue weighted by atomic mass is 10.0. The fourth-order valence-electron chi connectivity index (χ4n) is 5.52. The zero-order valence-electron chi connectivity index (χ0n) is 19.0. The molecule has 5 atom stereocenters. The summed E-state index contributed by atoms with van der Waals surface area (Å²) in [6, 6.07) is 9.12. The first-order valence-corrected chi connectivity index (χ1v) is 11.4. The Balaban J connectivity index is 1.41. The Morgan fingerprint density at radius 3 is 2.78 bits per heavy atom. The molecule has 3 aliphatic heterocycles. The van der Waals surface area contributed by atoms with Crippen molar-refractivity contribution < 1.29 is 14.4 Å². The van der Waals surface area contributed by atoms with Crippen molar-refractivity contribution in [2.75, 3.05) is 26.7 Å². The van der Waals surface area contributed by atoms with Gasteiger partial charge in [0.1, 0.15) is 6.04 Å². The van der Waals surface area contributed by atoms with Crippen molar-refractivity contribution in [3.05, 3.63) is 35.4 Å². The lowest BCUT2D eigenvalue weighted by Crippen LogP contribution is -2.53. The first-order valence-electron chi connectivity index (χ1n) is 11.4. The van der Waals surface area contributed by atoms with E-state index in [2.05, 4.69) is 16.3 Å². The standard InChI is InChI=1S/C24H31N5O3/c1-15(23(31)28-9-5-8-19(28)12-25)13-27-14-20-11-21(27)24(32)29(20)16(2)17-6-4-7-18(10-17)22(30)26-3/h4,6-7,10,15-16,19-21H,5,8-9,11,13-14H2,1-3H3,(H,26,30)/t15-,16+,19-,20-,21-/m0/s1. The zero-order valence-corrected chi connectivity index (χ0v) is 19.0. The minimum atomic E-state index is -0.316. The van der Waals surface area contributed by atoms with Gasteiger partial charge >= 0.3 is 0 Å². The largest absolute Gasteiger partial charge is 0.355 e. The Morgan fingerprint density at radius 2 is 2.09 bits per heavy atom. The van der Waals surface area contributed by atoms with Crippen molar-refractivity contribution in [2.45, 2.75) is 57.3 Å². The maximum atomic E-state index is 13.2. The van der Waals surface area contributed by atoms with E-state index < -0.39 is 0 Å². The minimum Gasteiger partial charge on any atom is -0.355 e. The van der Waals surface area contributed by atoms with Crippen molar-refractivity contribution in [3.63, 3.8) is 0 Å². The Bertz CT molecular complexity index is 957. The van der Waals surface area contributed by atoms with Crippen LogP contribution < -0.4 is 5.32 Å². The van der Waals surface area contributed by atoms with E-state index in [1.807, 2.05) is 36.9 Å². The molecular formula is C24H31N5O3. The number of piperazine rings is 1. The molecule has 0 unspecified atom stereocenters. The normalized spacial score (nSPS) is 26.8. The third kappa shape index (κ3) is 3.86. The van der Waals surface area contributed by atoms with E-state index in [1.54, 1.807) is 18.0 Å². The molecule has 8 heteroatoms. The number of hydrogen-bond donors (Lipinski definition) is 1. The predicted molar refractivity (Wildman–Crippen MR) is 118 cm³/mol. The Hall–Kier alpha value is -2.92. The highest BCUT2D eigenvalue weighted by molar-refractivity contribution is 5.94. The monoisotopic (exact) mass is 437 g/mol. The van der Waals surface area contributed by atoms with Gasteiger partial charge < -0.3 is 15.1 Å². The van der Waals surface area contributed by atoms with E-state index in [4.69, 9.17) is 0 Å². The van der Waals surface area contributed by atoms with Crippen molar-refractivity contribution in [1.82, 2.24) is 20.0 Å². The Labute approximate surface area is 189 Å². The van der Waals surface area contributed by atoms with E-state index in [-0.39, 0.29) is 47.8 Å². The first-order chi connectivity index (χ1) is 15.3. The van der Waals surface area contributed by atoms with E-state index in [9.17, 15) is 19.6 Å². The molecule has 32 heavy (non-hydrogen) atoms. The first kappa shape index (κ1) is 22.3. The van der Waals surface area contributed by atoms with Gasteiger partial charge in [0, 0.05) is 44.2 Å². The number of hydrogen-bond acceptors (Lipinski definition) is 5. The number of benzene rings is 1. The molecule has 2 bridgehead atoms. The van der Waals surface area contributed by atoms with Gasteiger partial charge in [0.2, 0.25) is 11.8 Å². The second-order valence-corrected chi connectivity index (χ2v) is 9.21. The predicted octanol–water partition coefficient (Wildman–Crippen LogP) is 1.54. The van der Waals surface area contributed by atoms with Crippen LogP contribution >= 0.6 is 0 Å². The van der Waals surface area contributed by atoms with Crippen LogP contribution in [0.25, 0.3) is 0 Å². The Kier molecular flexibility index (Phi) is 6.20. The molecule has 4 rings (SSSR count). The van der Waals surface area contributed by atoms with Crippen molar-refractivity contribution in [2.24, 2.45) is 5.92 Å². The highest BCUT2D eigenvalue weighted by Crippen LogP contribution is 2.38. The highest BCUT2D eigenvalue weighted by Gasteiger charge is 2.51. The van der Waals surface area contributed by atoms with Crippen LogP contribution in [0.3, 0.4) is 0 Å². The fraction of sp³-hybridized carbons (Fsp3) is 0.583. The molecule has 0 aliphatic carbocycles. The van der Waals surface area contributed by atoms with Crippen LogP contribution in [-0.2, 0) is 9.59 Å². The molecule has 3 fully saturated rings. The van der Waals surface area contributed by atoms with Crippen molar-refractivity contribution in [1.29, 1.82) is 5.26 Å². The summed E-state index contributed by atoms with van der Waals surface area (Å²) < 4.78 is 0. The molecule has 1 aromatic carbocycles. The zero-order chi connectivity index (χ0) is 23.0. The molecule has 3 aliphatic rings. The van der Waals surface area contributed by atoms with Crippen LogP contribution in [-0.4, -0.2) is 77.2 Å². The molecule has 170 valence electrons. The van der Waals surface area contributed by atoms with Gasteiger partial charge in [0.15, 0.2) is 0 Å². The van der Waals surface area contributed by atoms with E-state index >= 15 is 0 Å². The van der Waals surface area contributed by atoms with Crippen LogP contribution in [0, 0.1) is 17.2 Å². The molecule has 0 aromatic heterocycles. The average molecular weight is 438 g/mol. The summed E-state index contributed by atoms with van der Waals surface area (Å²) in [5.41, 5.74) is 1.53. The number of amides is 3. The van der Waals surface area contributed by atoms with Crippen LogP contribution in [0.5, 0.6) is 0 Å². The summed E-state index contributed by atoms with van der Waals surface area (Å²) in [7, 11) is 1.60. The number of nitriles is 1. The molecule has 3 heterocycles. The molecule has 0 spiro atoms. The van der Waals surface area contributed by atoms with Crippen LogP contribution in [0.2, 0.25) is 0 Å². The van der Waals surface area contributed by atoms with Crippen molar-refractivity contribution >= 4 is 17.7 Å². The van der Waals surface area contributed by atoms with Crippen molar-refractivity contribution in [3.8, 4) is 6.07 Å². The highest BCUT2D eigenvalue weighted by atomic mass is 16.2. The number of carbonyl (C=O) groups excluding carboxylic acids is 3. The van der Waals surface area contributed by atoms with Gasteiger partial charge in [-0.3, -0.25) is 19.3 Å². The summed E-state index contributed by atoms with van der Waals surface area (Å²) >= 11 is 0. The second-order valence-electron chi connectivity index (χ2n) is 9.21. The van der Waals surface area contributed by atoms with Gasteiger partial charge in [-0.2, -0.15) is 5.26 Å². The third-order valence-corrected chi connectivity index (χ3v) is 7.20. The number of nitrogens with one attached hydrogen (secondary N) is 1. The van der Waals surface area contributed by atoms with Gasteiger partial charge in [0.25, 0.3) is 5.91 Å². The van der Waals surface area contributed by atoms with Gasteiger partial charge in [-0.1, -0.05) is 19.1 Å². The van der Waals surface area contributed by atoms with Gasteiger partial charge in [-0.15, -0.1) is 0 Å². The van der Waals surface area contributed by atoms with Gasteiger partial charge in [-0.05, 0) is 43.9 Å². The summed E-state index contributed by atoms with van der Waals surface area (Å²) in [5.74, 6) is -0.281. The SMILES string of the molecule is CNC(=O)c1cccc([C@@H](C)N2C(=O)[C@@H]3C[C@H]2CN3C[C@H](C)C(=O)N2CCC[C@H]2C#N)c1. The Morgan fingerprint density at radius 1 is 1.31 bits per heavy atom. The second kappa shape index (κ2) is 8.91. The summed E-state index contributed by atoms with van der Waals surface area (Å²) in [6.45, 7) is 5.83. The molecule has 0 saturated carbocycles. The van der Waals surface area contributed by atoms with E-state index in [0.717, 1.165) is 31.4 Å². The van der Waals surface area contributed by atoms with Gasteiger partial charge in [0.05, 0.1) is 18.2 Å². The van der Waals surface area contributed by atoms with E-state index in [1.165, 1.54) is 0 Å². The van der Waals surface area contributed by atoms with Crippen LogP contribution in [0.1, 0.15) is 55.1 Å². The number of fused-ring (bicyclic) bond motifs is 2. The van der Waals surface area contributed by atoms with E-state index in [0.29, 0.717) is 18.7 Å². The lowest BCUT2D eigenvalue weighted by Gasteiger charge is -2.38. The molecule has 1 N–H and O–H groups in total. The quantitative estimate of drug-likeness (QED) is 0.728. The smallest absolute Gasteiger partial charge is 0.251 e. The number of nitrogens with zero attached hydrogens (tertiary/aromatic N) is 4. The van der Waals surface area contributed by atoms with Crippen LogP contribution in [0.4, 0.5) is 0 Å². The summed E-state index contributed by atoms with van der Waals surface area (Å²) in [4.78, 5) is 43.9. The maximum absolute atomic E-state index is 13.2. The number of carbonyl (C=O) groups is 3. The molecule has 8 nitrogen and oxygen atoms in total. The third-order valence-electron chi connectivity index (χ3n) is 7.20. The number of rotatable bonds is 6. The topological polar surface area (TPSA) is 96.8 Å². The lowest BCUT2D eigenvalue weighted by molar-refractivity contribution is -0.142. The fourth-order valence-corrected chi connectivity index (χ4v) is 5.52. The average Bonchev–Trinajstić information content (AvgIpc) is 3.52. The molecular weight excluding hydrogens is 406 g/mol. The summed E-state index contributed by atoms with van der Waals surface area (Å²) in [5, 5.41) is 11.9. The molecule has 0 radical (unpaired) electrons. The van der Waals surface area contributed by atoms with Crippen LogP contribution in [0.15, 0.2) is 24.3 Å². The molecule has 3 saturated heterocycles. The minimum absolute atomic E-state index is 0.0144. The maximum Gasteiger partial charge on any atom is 0.251 e.